The van der Waals surface area contributed by atoms with Crippen LogP contribution in [0.5, 0.6) is 0 Å². The van der Waals surface area contributed by atoms with Crippen molar-refractivity contribution in [1.29, 1.82) is 0 Å². The summed E-state index contributed by atoms with van der Waals surface area (Å²) in [5, 5.41) is 0. The number of halogens is 1. The zero-order chi connectivity index (χ0) is 12.6. The summed E-state index contributed by atoms with van der Waals surface area (Å²) in [4.78, 5) is 0. The van der Waals surface area contributed by atoms with Crippen LogP contribution >= 0.6 is 11.6 Å². The van der Waals surface area contributed by atoms with Crippen LogP contribution < -0.4 is 4.72 Å². The van der Waals surface area contributed by atoms with Gasteiger partial charge in [-0.3, -0.25) is 0 Å². The number of alkyl halides is 1. The molecule has 0 atom stereocenters. The molecule has 0 saturated heterocycles. The lowest BCUT2D eigenvalue weighted by Crippen LogP contribution is -2.30. The molecule has 0 aromatic heterocycles. The normalized spacial score (nSPS) is 17.7. The first-order chi connectivity index (χ1) is 8.14. The number of hydrogen-bond acceptors (Lipinski definition) is 3. The Bertz CT molecular complexity index is 289. The fraction of sp³-hybridized carbons (Fsp3) is 1.00. The number of rotatable bonds is 9. The second kappa shape index (κ2) is 8.29. The highest BCUT2D eigenvalue weighted by Crippen LogP contribution is 2.20. The van der Waals surface area contributed by atoms with Crippen molar-refractivity contribution >= 4 is 21.6 Å². The number of nitrogens with one attached hydrogen (secondary N) is 1. The summed E-state index contributed by atoms with van der Waals surface area (Å²) < 4.78 is 31.1. The molecule has 1 saturated carbocycles. The number of hydrogen-bond donors (Lipinski definition) is 1. The molecule has 0 aromatic rings. The van der Waals surface area contributed by atoms with E-state index in [1.807, 2.05) is 0 Å². The third-order valence-corrected chi connectivity index (χ3v) is 4.61. The molecule has 0 aromatic carbocycles. The Morgan fingerprint density at radius 3 is 2.59 bits per heavy atom. The lowest BCUT2D eigenvalue weighted by molar-refractivity contribution is 0.0626. The van der Waals surface area contributed by atoms with Gasteiger partial charge in [-0.05, 0) is 25.7 Å². The van der Waals surface area contributed by atoms with Crippen LogP contribution in [0.2, 0.25) is 0 Å². The minimum Gasteiger partial charge on any atom is -0.377 e. The van der Waals surface area contributed by atoms with Gasteiger partial charge in [0.15, 0.2) is 0 Å². The topological polar surface area (TPSA) is 55.4 Å². The largest absolute Gasteiger partial charge is 0.377 e. The van der Waals surface area contributed by atoms with Gasteiger partial charge < -0.3 is 4.74 Å². The Balaban J connectivity index is 2.03. The molecule has 1 aliphatic rings. The average molecular weight is 284 g/mol. The Kier molecular flexibility index (Phi) is 7.43. The smallest absolute Gasteiger partial charge is 0.211 e. The molecule has 6 heteroatoms. The average Bonchev–Trinajstić information content (AvgIpc) is 2.77. The van der Waals surface area contributed by atoms with Gasteiger partial charge in [0.05, 0.1) is 18.5 Å². The van der Waals surface area contributed by atoms with E-state index in [9.17, 15) is 8.42 Å². The summed E-state index contributed by atoms with van der Waals surface area (Å²) in [6, 6.07) is 0. The molecular formula is C11H22ClNO3S. The Hall–Kier alpha value is 0.160. The van der Waals surface area contributed by atoms with Crippen LogP contribution in [0.25, 0.3) is 0 Å². The summed E-state index contributed by atoms with van der Waals surface area (Å²) in [5.74, 6) is 0.670. The minimum atomic E-state index is -3.14. The highest BCUT2D eigenvalue weighted by atomic mass is 35.5. The molecule has 0 heterocycles. The first-order valence-electron chi connectivity index (χ1n) is 6.29. The van der Waals surface area contributed by atoms with Crippen molar-refractivity contribution in [1.82, 2.24) is 4.72 Å². The Morgan fingerprint density at radius 2 is 1.94 bits per heavy atom. The maximum Gasteiger partial charge on any atom is 0.211 e. The molecule has 0 radical (unpaired) electrons. The number of ether oxygens (including phenoxy) is 1. The van der Waals surface area contributed by atoms with E-state index in [4.69, 9.17) is 16.3 Å². The van der Waals surface area contributed by atoms with Gasteiger partial charge in [-0.25, -0.2) is 13.1 Å². The van der Waals surface area contributed by atoms with Crippen LogP contribution in [0.3, 0.4) is 0 Å². The van der Waals surface area contributed by atoms with Gasteiger partial charge in [-0.2, -0.15) is 0 Å². The van der Waals surface area contributed by atoms with E-state index in [2.05, 4.69) is 4.72 Å². The predicted molar refractivity (Wildman–Crippen MR) is 70.0 cm³/mol. The molecule has 0 amide bonds. The molecule has 4 nitrogen and oxygen atoms in total. The fourth-order valence-electron chi connectivity index (χ4n) is 1.94. The molecular weight excluding hydrogens is 262 g/mol. The maximum absolute atomic E-state index is 11.5. The van der Waals surface area contributed by atoms with Crippen LogP contribution in [0, 0.1) is 0 Å². The van der Waals surface area contributed by atoms with Crippen molar-refractivity contribution in [2.45, 2.75) is 44.6 Å². The lowest BCUT2D eigenvalue weighted by Gasteiger charge is -2.11. The standard InChI is InChI=1S/C11H22ClNO3S/c12-7-3-4-10-17(14,15)13-8-9-16-11-5-1-2-6-11/h11,13H,1-10H2. The molecule has 17 heavy (non-hydrogen) atoms. The SMILES string of the molecule is O=S(=O)(CCCCCl)NCCOC1CCCC1. The zero-order valence-electron chi connectivity index (χ0n) is 10.2. The molecule has 0 spiro atoms. The molecule has 0 aliphatic heterocycles. The Morgan fingerprint density at radius 1 is 1.24 bits per heavy atom. The maximum atomic E-state index is 11.5. The lowest BCUT2D eigenvalue weighted by atomic mass is 10.3. The van der Waals surface area contributed by atoms with Gasteiger partial charge in [0, 0.05) is 12.4 Å². The van der Waals surface area contributed by atoms with Gasteiger partial charge in [-0.1, -0.05) is 12.8 Å². The van der Waals surface area contributed by atoms with E-state index >= 15 is 0 Å². The monoisotopic (exact) mass is 283 g/mol. The molecule has 1 rings (SSSR count). The van der Waals surface area contributed by atoms with E-state index in [0.717, 1.165) is 19.3 Å². The first-order valence-corrected chi connectivity index (χ1v) is 8.47. The zero-order valence-corrected chi connectivity index (χ0v) is 11.7. The molecule has 1 aliphatic carbocycles. The number of sulfonamides is 1. The van der Waals surface area contributed by atoms with Gasteiger partial charge in [0.25, 0.3) is 0 Å². The highest BCUT2D eigenvalue weighted by molar-refractivity contribution is 7.89. The summed E-state index contributed by atoms with van der Waals surface area (Å²) in [7, 11) is -3.14. The highest BCUT2D eigenvalue weighted by Gasteiger charge is 2.15. The third-order valence-electron chi connectivity index (χ3n) is 2.88. The van der Waals surface area contributed by atoms with Crippen molar-refractivity contribution in [3.05, 3.63) is 0 Å². The van der Waals surface area contributed by atoms with Crippen LogP contribution in [0.15, 0.2) is 0 Å². The minimum absolute atomic E-state index is 0.156. The molecule has 0 bridgehead atoms. The van der Waals surface area contributed by atoms with Crippen LogP contribution in [-0.4, -0.2) is 39.3 Å². The first kappa shape index (κ1) is 15.2. The van der Waals surface area contributed by atoms with Gasteiger partial charge >= 0.3 is 0 Å². The molecule has 0 unspecified atom stereocenters. The van der Waals surface area contributed by atoms with E-state index < -0.39 is 10.0 Å². The van der Waals surface area contributed by atoms with E-state index in [-0.39, 0.29) is 5.75 Å². The number of unbranched alkanes of at least 4 members (excludes halogenated alkanes) is 1. The second-order valence-corrected chi connectivity index (χ2v) is 6.69. The Labute approximate surface area is 109 Å². The van der Waals surface area contributed by atoms with Crippen molar-refractivity contribution in [2.24, 2.45) is 0 Å². The van der Waals surface area contributed by atoms with Crippen molar-refractivity contribution < 1.29 is 13.2 Å². The second-order valence-electron chi connectivity index (χ2n) is 4.39. The fourth-order valence-corrected chi connectivity index (χ4v) is 3.25. The van der Waals surface area contributed by atoms with Gasteiger partial charge in [0.1, 0.15) is 0 Å². The quantitative estimate of drug-likeness (QED) is 0.519. The van der Waals surface area contributed by atoms with E-state index in [0.29, 0.717) is 31.6 Å². The summed E-state index contributed by atoms with van der Waals surface area (Å²) in [6.07, 6.45) is 6.38. The van der Waals surface area contributed by atoms with Crippen LogP contribution in [0.1, 0.15) is 38.5 Å². The van der Waals surface area contributed by atoms with Crippen molar-refractivity contribution in [3.8, 4) is 0 Å². The molecule has 1 fully saturated rings. The van der Waals surface area contributed by atoms with Gasteiger partial charge in [0.2, 0.25) is 10.0 Å². The predicted octanol–water partition coefficient (Wildman–Crippen LogP) is 1.88. The molecule has 102 valence electrons. The third kappa shape index (κ3) is 7.24. The molecule has 1 N–H and O–H groups in total. The van der Waals surface area contributed by atoms with Crippen molar-refractivity contribution in [3.63, 3.8) is 0 Å². The van der Waals surface area contributed by atoms with Crippen LogP contribution in [-0.2, 0) is 14.8 Å². The summed E-state index contributed by atoms with van der Waals surface area (Å²) >= 11 is 5.49. The van der Waals surface area contributed by atoms with Crippen LogP contribution in [0.4, 0.5) is 0 Å². The van der Waals surface area contributed by atoms with Gasteiger partial charge in [-0.15, -0.1) is 11.6 Å². The summed E-state index contributed by atoms with van der Waals surface area (Å²) in [6.45, 7) is 0.846. The summed E-state index contributed by atoms with van der Waals surface area (Å²) in [5.41, 5.74) is 0. The van der Waals surface area contributed by atoms with E-state index in [1.54, 1.807) is 0 Å². The van der Waals surface area contributed by atoms with Crippen molar-refractivity contribution in [2.75, 3.05) is 24.8 Å². The van der Waals surface area contributed by atoms with E-state index in [1.165, 1.54) is 12.8 Å².